The molecular weight excluding hydrogens is 298 g/mol. The van der Waals surface area contributed by atoms with Crippen molar-refractivity contribution in [3.8, 4) is 0 Å². The van der Waals surface area contributed by atoms with Gasteiger partial charge in [-0.05, 0) is 55.6 Å². The molecule has 1 aromatic heterocycles. The molecule has 1 fully saturated rings. The fourth-order valence-electron chi connectivity index (χ4n) is 3.02. The first-order valence-electron chi connectivity index (χ1n) is 8.36. The summed E-state index contributed by atoms with van der Waals surface area (Å²) in [5, 5.41) is 4.41. The number of nitrogens with zero attached hydrogens (tertiary/aromatic N) is 2. The zero-order valence-electron chi connectivity index (χ0n) is 13.8. The number of rotatable bonds is 7. The average molecular weight is 328 g/mol. The summed E-state index contributed by atoms with van der Waals surface area (Å²) in [6.45, 7) is 10.2. The molecule has 0 bridgehead atoms. The van der Waals surface area contributed by atoms with Crippen LogP contribution in [0.4, 0.5) is 0 Å². The summed E-state index contributed by atoms with van der Waals surface area (Å²) in [4.78, 5) is 4.65. The van der Waals surface area contributed by atoms with Crippen molar-refractivity contribution in [1.29, 1.82) is 0 Å². The van der Waals surface area contributed by atoms with Gasteiger partial charge in [-0.3, -0.25) is 0 Å². The molecule has 3 atom stereocenters. The standard InChI is InChI=1S/C16H29N3S2/c1-5-9-17-13-8-7-12(11(3)4)10-14(13)20-16-18-15(6-2)19-21-16/h11-14,17H,5-10H2,1-4H3. The maximum Gasteiger partial charge on any atom is 0.170 e. The molecule has 5 heteroatoms. The van der Waals surface area contributed by atoms with Gasteiger partial charge in [0, 0.05) is 17.7 Å². The topological polar surface area (TPSA) is 37.8 Å². The van der Waals surface area contributed by atoms with Gasteiger partial charge in [0.2, 0.25) is 0 Å². The normalized spacial score (nSPS) is 26.4. The van der Waals surface area contributed by atoms with Crippen LogP contribution < -0.4 is 5.32 Å². The zero-order valence-corrected chi connectivity index (χ0v) is 15.4. The molecule has 1 aliphatic carbocycles. The molecule has 1 heterocycles. The predicted molar refractivity (Wildman–Crippen MR) is 93.2 cm³/mol. The Hall–Kier alpha value is -0.130. The van der Waals surface area contributed by atoms with Gasteiger partial charge in [-0.25, -0.2) is 4.98 Å². The molecule has 0 amide bonds. The Morgan fingerprint density at radius 2 is 2.14 bits per heavy atom. The van der Waals surface area contributed by atoms with E-state index in [9.17, 15) is 0 Å². The summed E-state index contributed by atoms with van der Waals surface area (Å²) >= 11 is 3.54. The molecule has 21 heavy (non-hydrogen) atoms. The first-order valence-corrected chi connectivity index (χ1v) is 10.0. The first kappa shape index (κ1) is 17.2. The summed E-state index contributed by atoms with van der Waals surface area (Å²) in [6, 6.07) is 0.638. The van der Waals surface area contributed by atoms with E-state index in [2.05, 4.69) is 42.4 Å². The lowest BCUT2D eigenvalue weighted by Gasteiger charge is -2.37. The van der Waals surface area contributed by atoms with E-state index in [1.54, 1.807) is 11.5 Å². The largest absolute Gasteiger partial charge is 0.313 e. The maximum absolute atomic E-state index is 4.65. The predicted octanol–water partition coefficient (Wildman–Crippen LogP) is 4.39. The molecule has 3 unspecified atom stereocenters. The SMILES string of the molecule is CCCNC1CCC(C(C)C)CC1Sc1nc(CC)ns1. The van der Waals surface area contributed by atoms with Crippen LogP contribution in [-0.2, 0) is 6.42 Å². The van der Waals surface area contributed by atoms with Gasteiger partial charge < -0.3 is 5.32 Å². The van der Waals surface area contributed by atoms with Crippen LogP contribution in [0, 0.1) is 11.8 Å². The van der Waals surface area contributed by atoms with Gasteiger partial charge in [0.1, 0.15) is 5.82 Å². The highest BCUT2D eigenvalue weighted by Gasteiger charge is 2.32. The summed E-state index contributed by atoms with van der Waals surface area (Å²) in [5.74, 6) is 2.65. The van der Waals surface area contributed by atoms with Crippen molar-refractivity contribution in [3.05, 3.63) is 5.82 Å². The highest BCUT2D eigenvalue weighted by molar-refractivity contribution is 8.01. The van der Waals surface area contributed by atoms with Gasteiger partial charge in [-0.15, -0.1) is 0 Å². The fraction of sp³-hybridized carbons (Fsp3) is 0.875. The van der Waals surface area contributed by atoms with E-state index in [1.165, 1.54) is 25.7 Å². The van der Waals surface area contributed by atoms with E-state index in [-0.39, 0.29) is 0 Å². The van der Waals surface area contributed by atoms with Crippen LogP contribution in [0.25, 0.3) is 0 Å². The average Bonchev–Trinajstić information content (AvgIpc) is 2.93. The van der Waals surface area contributed by atoms with Crippen molar-refractivity contribution >= 4 is 23.3 Å². The van der Waals surface area contributed by atoms with E-state index in [0.717, 1.165) is 35.0 Å². The molecule has 0 spiro atoms. The molecule has 1 aliphatic rings. The van der Waals surface area contributed by atoms with Gasteiger partial charge in [0.05, 0.1) is 0 Å². The smallest absolute Gasteiger partial charge is 0.170 e. The Morgan fingerprint density at radius 1 is 1.33 bits per heavy atom. The highest BCUT2D eigenvalue weighted by Crippen LogP contribution is 2.39. The molecule has 1 saturated carbocycles. The van der Waals surface area contributed by atoms with Crippen molar-refractivity contribution in [2.24, 2.45) is 11.8 Å². The minimum absolute atomic E-state index is 0.638. The zero-order chi connectivity index (χ0) is 15.2. The van der Waals surface area contributed by atoms with Crippen LogP contribution >= 0.6 is 23.3 Å². The summed E-state index contributed by atoms with van der Waals surface area (Å²) < 4.78 is 5.59. The summed E-state index contributed by atoms with van der Waals surface area (Å²) in [5.41, 5.74) is 0. The van der Waals surface area contributed by atoms with E-state index in [0.29, 0.717) is 11.3 Å². The van der Waals surface area contributed by atoms with Gasteiger partial charge in [0.25, 0.3) is 0 Å². The fourth-order valence-corrected chi connectivity index (χ4v) is 5.33. The molecule has 3 nitrogen and oxygen atoms in total. The van der Waals surface area contributed by atoms with Crippen LogP contribution in [0.2, 0.25) is 0 Å². The molecule has 0 saturated heterocycles. The lowest BCUT2D eigenvalue weighted by Crippen LogP contribution is -2.43. The van der Waals surface area contributed by atoms with Crippen molar-refractivity contribution in [1.82, 2.24) is 14.7 Å². The van der Waals surface area contributed by atoms with Gasteiger partial charge >= 0.3 is 0 Å². The summed E-state index contributed by atoms with van der Waals surface area (Å²) in [6.07, 6.45) is 6.13. The number of hydrogen-bond donors (Lipinski definition) is 1. The molecule has 0 aliphatic heterocycles. The summed E-state index contributed by atoms with van der Waals surface area (Å²) in [7, 11) is 0. The molecule has 0 aromatic carbocycles. The van der Waals surface area contributed by atoms with E-state index >= 15 is 0 Å². The molecular formula is C16H29N3S2. The highest BCUT2D eigenvalue weighted by atomic mass is 32.2. The number of nitrogens with one attached hydrogen (secondary N) is 1. The number of hydrogen-bond acceptors (Lipinski definition) is 5. The maximum atomic E-state index is 4.65. The number of aryl methyl sites for hydroxylation is 1. The minimum atomic E-state index is 0.638. The minimum Gasteiger partial charge on any atom is -0.313 e. The molecule has 1 N–H and O–H groups in total. The van der Waals surface area contributed by atoms with Crippen molar-refractivity contribution in [3.63, 3.8) is 0 Å². The Bertz CT molecular complexity index is 419. The Kier molecular flexibility index (Phi) is 6.96. The lowest BCUT2D eigenvalue weighted by atomic mass is 9.79. The third kappa shape index (κ3) is 4.93. The third-order valence-electron chi connectivity index (χ3n) is 4.45. The van der Waals surface area contributed by atoms with Crippen LogP contribution in [0.5, 0.6) is 0 Å². The van der Waals surface area contributed by atoms with Crippen LogP contribution in [0.3, 0.4) is 0 Å². The van der Waals surface area contributed by atoms with Crippen LogP contribution in [0.1, 0.15) is 59.2 Å². The van der Waals surface area contributed by atoms with Crippen LogP contribution in [-0.4, -0.2) is 27.2 Å². The molecule has 0 radical (unpaired) electrons. The van der Waals surface area contributed by atoms with Crippen molar-refractivity contribution in [2.45, 2.75) is 75.4 Å². The monoisotopic (exact) mass is 327 g/mol. The third-order valence-corrected chi connectivity index (χ3v) is 6.63. The Morgan fingerprint density at radius 3 is 2.76 bits per heavy atom. The molecule has 120 valence electrons. The Labute approximate surface area is 137 Å². The first-order chi connectivity index (χ1) is 10.1. The number of thioether (sulfide) groups is 1. The Balaban J connectivity index is 2.01. The second-order valence-corrected chi connectivity index (χ2v) is 8.60. The quantitative estimate of drug-likeness (QED) is 0.806. The van der Waals surface area contributed by atoms with Gasteiger partial charge in [-0.2, -0.15) is 4.37 Å². The van der Waals surface area contributed by atoms with Gasteiger partial charge in [-0.1, -0.05) is 39.5 Å². The van der Waals surface area contributed by atoms with Crippen molar-refractivity contribution in [2.75, 3.05) is 6.54 Å². The van der Waals surface area contributed by atoms with Crippen molar-refractivity contribution < 1.29 is 0 Å². The lowest BCUT2D eigenvalue weighted by molar-refractivity contribution is 0.246. The van der Waals surface area contributed by atoms with E-state index in [4.69, 9.17) is 0 Å². The second-order valence-electron chi connectivity index (χ2n) is 6.36. The van der Waals surface area contributed by atoms with Crippen LogP contribution in [0.15, 0.2) is 4.34 Å². The molecule has 2 rings (SSSR count). The number of aromatic nitrogens is 2. The van der Waals surface area contributed by atoms with E-state index < -0.39 is 0 Å². The van der Waals surface area contributed by atoms with E-state index in [1.807, 2.05) is 11.8 Å². The second kappa shape index (κ2) is 8.49. The van der Waals surface area contributed by atoms with Gasteiger partial charge in [0.15, 0.2) is 4.34 Å². The molecule has 1 aromatic rings.